The average Bonchev–Trinajstić information content (AvgIpc) is 2.23. The topological polar surface area (TPSA) is 35.8 Å². The second-order valence-corrected chi connectivity index (χ2v) is 4.78. The van der Waals surface area contributed by atoms with Gasteiger partial charge in [0, 0.05) is 5.02 Å². The second-order valence-electron chi connectivity index (χ2n) is 4.37. The smallest absolute Gasteiger partial charge is 0.121 e. The molecule has 0 aliphatic carbocycles. The Bertz CT molecular complexity index is 393. The van der Waals surface area contributed by atoms with Gasteiger partial charge < -0.3 is 0 Å². The molecule has 0 spiro atoms. The van der Waals surface area contributed by atoms with Crippen LogP contribution < -0.4 is 5.32 Å². The lowest BCUT2D eigenvalue weighted by molar-refractivity contribution is 0.525. The maximum Gasteiger partial charge on any atom is 0.121 e. The van der Waals surface area contributed by atoms with E-state index in [-0.39, 0.29) is 6.04 Å². The van der Waals surface area contributed by atoms with Crippen LogP contribution in [0.5, 0.6) is 0 Å². The summed E-state index contributed by atoms with van der Waals surface area (Å²) in [7, 11) is 0. The molecule has 0 radical (unpaired) electrons. The molecule has 0 fully saturated rings. The van der Waals surface area contributed by atoms with Crippen LogP contribution in [0.25, 0.3) is 0 Å². The first-order valence-electron chi connectivity index (χ1n) is 5.43. The van der Waals surface area contributed by atoms with Crippen molar-refractivity contribution in [1.82, 2.24) is 5.32 Å². The van der Waals surface area contributed by atoms with Crippen LogP contribution in [0, 0.1) is 24.2 Å². The van der Waals surface area contributed by atoms with Gasteiger partial charge in [0.1, 0.15) is 6.04 Å². The highest BCUT2D eigenvalue weighted by Gasteiger charge is 2.11. The second kappa shape index (κ2) is 5.89. The van der Waals surface area contributed by atoms with Crippen LogP contribution in [0.3, 0.4) is 0 Å². The maximum absolute atomic E-state index is 9.10. The van der Waals surface area contributed by atoms with Gasteiger partial charge in [-0.25, -0.2) is 0 Å². The normalized spacial score (nSPS) is 12.5. The highest BCUT2D eigenvalue weighted by molar-refractivity contribution is 6.31. The number of nitrogens with one attached hydrogen (secondary N) is 1. The third-order valence-corrected chi connectivity index (χ3v) is 2.80. The summed E-state index contributed by atoms with van der Waals surface area (Å²) in [4.78, 5) is 0. The molecule has 16 heavy (non-hydrogen) atoms. The van der Waals surface area contributed by atoms with Crippen molar-refractivity contribution in [3.8, 4) is 6.07 Å². The molecule has 1 rings (SSSR count). The predicted molar refractivity (Wildman–Crippen MR) is 67.4 cm³/mol. The van der Waals surface area contributed by atoms with Gasteiger partial charge in [0.05, 0.1) is 6.07 Å². The summed E-state index contributed by atoms with van der Waals surface area (Å²) in [6.07, 6.45) is 0. The highest BCUT2D eigenvalue weighted by atomic mass is 35.5. The van der Waals surface area contributed by atoms with Crippen molar-refractivity contribution < 1.29 is 0 Å². The van der Waals surface area contributed by atoms with Gasteiger partial charge in [0.15, 0.2) is 0 Å². The Balaban J connectivity index is 2.80. The van der Waals surface area contributed by atoms with E-state index < -0.39 is 0 Å². The van der Waals surface area contributed by atoms with Gasteiger partial charge in [0.25, 0.3) is 0 Å². The van der Waals surface area contributed by atoms with E-state index in [1.54, 1.807) is 0 Å². The molecule has 0 amide bonds. The van der Waals surface area contributed by atoms with E-state index in [9.17, 15) is 0 Å². The monoisotopic (exact) mass is 236 g/mol. The van der Waals surface area contributed by atoms with Crippen molar-refractivity contribution in [3.63, 3.8) is 0 Å². The molecule has 0 aromatic heterocycles. The molecule has 1 atom stereocenters. The molecule has 3 heteroatoms. The van der Waals surface area contributed by atoms with E-state index in [2.05, 4.69) is 25.2 Å². The lowest BCUT2D eigenvalue weighted by atomic mass is 10.1. The Hall–Kier alpha value is -1.04. The molecule has 0 aliphatic rings. The molecule has 1 aromatic rings. The SMILES string of the molecule is Cc1ccc(C(C#N)NCC(C)C)cc1Cl. The molecule has 0 saturated heterocycles. The molecule has 0 bridgehead atoms. The van der Waals surface area contributed by atoms with Gasteiger partial charge >= 0.3 is 0 Å². The van der Waals surface area contributed by atoms with Crippen LogP contribution in [0.1, 0.15) is 31.0 Å². The summed E-state index contributed by atoms with van der Waals surface area (Å²) in [6, 6.07) is 7.72. The fraction of sp³-hybridized carbons (Fsp3) is 0.462. The summed E-state index contributed by atoms with van der Waals surface area (Å²) in [5.74, 6) is 0.525. The minimum atomic E-state index is -0.277. The number of aryl methyl sites for hydroxylation is 1. The van der Waals surface area contributed by atoms with Crippen LogP contribution >= 0.6 is 11.6 Å². The summed E-state index contributed by atoms with van der Waals surface area (Å²) < 4.78 is 0. The van der Waals surface area contributed by atoms with E-state index in [1.807, 2.05) is 25.1 Å². The third-order valence-electron chi connectivity index (χ3n) is 2.39. The standard InChI is InChI=1S/C13H17ClN2/c1-9(2)8-16-13(7-15)11-5-4-10(3)12(14)6-11/h4-6,9,13,16H,8H2,1-3H3. The quantitative estimate of drug-likeness (QED) is 0.869. The summed E-state index contributed by atoms with van der Waals surface area (Å²) in [5.41, 5.74) is 1.96. The van der Waals surface area contributed by atoms with E-state index in [0.717, 1.165) is 17.7 Å². The zero-order valence-corrected chi connectivity index (χ0v) is 10.7. The minimum Gasteiger partial charge on any atom is -0.298 e. The van der Waals surface area contributed by atoms with Crippen molar-refractivity contribution in [1.29, 1.82) is 5.26 Å². The van der Waals surface area contributed by atoms with Crippen molar-refractivity contribution >= 4 is 11.6 Å². The number of hydrogen-bond donors (Lipinski definition) is 1. The Morgan fingerprint density at radius 2 is 2.12 bits per heavy atom. The maximum atomic E-state index is 9.10. The van der Waals surface area contributed by atoms with Crippen LogP contribution in [0.2, 0.25) is 5.02 Å². The zero-order valence-electron chi connectivity index (χ0n) is 9.92. The van der Waals surface area contributed by atoms with E-state index in [0.29, 0.717) is 10.9 Å². The largest absolute Gasteiger partial charge is 0.298 e. The van der Waals surface area contributed by atoms with Gasteiger partial charge in [-0.1, -0.05) is 37.6 Å². The fourth-order valence-electron chi connectivity index (χ4n) is 1.38. The minimum absolute atomic E-state index is 0.277. The Morgan fingerprint density at radius 1 is 1.44 bits per heavy atom. The molecule has 0 heterocycles. The predicted octanol–water partition coefficient (Wildman–Crippen LogP) is 3.46. The van der Waals surface area contributed by atoms with Gasteiger partial charge in [-0.2, -0.15) is 5.26 Å². The van der Waals surface area contributed by atoms with Crippen LogP contribution in [-0.4, -0.2) is 6.54 Å². The average molecular weight is 237 g/mol. The van der Waals surface area contributed by atoms with E-state index in [4.69, 9.17) is 16.9 Å². The summed E-state index contributed by atoms with van der Waals surface area (Å²) in [5, 5.41) is 13.0. The third kappa shape index (κ3) is 3.52. The van der Waals surface area contributed by atoms with Gasteiger partial charge in [-0.15, -0.1) is 0 Å². The van der Waals surface area contributed by atoms with Crippen molar-refractivity contribution in [2.24, 2.45) is 5.92 Å². The number of halogens is 1. The van der Waals surface area contributed by atoms with Crippen LogP contribution in [0.15, 0.2) is 18.2 Å². The number of rotatable bonds is 4. The van der Waals surface area contributed by atoms with Crippen molar-refractivity contribution in [2.75, 3.05) is 6.54 Å². The Labute approximate surface area is 102 Å². The fourth-order valence-corrected chi connectivity index (χ4v) is 1.57. The van der Waals surface area contributed by atoms with Crippen LogP contribution in [-0.2, 0) is 0 Å². The number of nitriles is 1. The van der Waals surface area contributed by atoms with Crippen molar-refractivity contribution in [3.05, 3.63) is 34.3 Å². The molecule has 0 saturated carbocycles. The molecular formula is C13H17ClN2. The molecule has 86 valence electrons. The molecular weight excluding hydrogens is 220 g/mol. The van der Waals surface area contributed by atoms with Gasteiger partial charge in [-0.05, 0) is 36.6 Å². The highest BCUT2D eigenvalue weighted by Crippen LogP contribution is 2.21. The van der Waals surface area contributed by atoms with Crippen molar-refractivity contribution in [2.45, 2.75) is 26.8 Å². The van der Waals surface area contributed by atoms with Crippen LogP contribution in [0.4, 0.5) is 0 Å². The van der Waals surface area contributed by atoms with E-state index in [1.165, 1.54) is 0 Å². The summed E-state index contributed by atoms with van der Waals surface area (Å²) in [6.45, 7) is 7.01. The first-order valence-corrected chi connectivity index (χ1v) is 5.81. The molecule has 1 aromatic carbocycles. The molecule has 1 unspecified atom stereocenters. The Morgan fingerprint density at radius 3 is 2.62 bits per heavy atom. The van der Waals surface area contributed by atoms with E-state index >= 15 is 0 Å². The first-order chi connectivity index (χ1) is 7.54. The molecule has 0 aliphatic heterocycles. The number of nitrogens with zero attached hydrogens (tertiary/aromatic N) is 1. The van der Waals surface area contributed by atoms with Gasteiger partial charge in [-0.3, -0.25) is 5.32 Å². The Kier molecular flexibility index (Phi) is 4.79. The lowest BCUT2D eigenvalue weighted by Gasteiger charge is -2.14. The molecule has 1 N–H and O–H groups in total. The van der Waals surface area contributed by atoms with Gasteiger partial charge in [0.2, 0.25) is 0 Å². The summed E-state index contributed by atoms with van der Waals surface area (Å²) >= 11 is 6.04. The number of benzene rings is 1. The first kappa shape index (κ1) is 13.0. The molecule has 2 nitrogen and oxygen atoms in total. The number of hydrogen-bond acceptors (Lipinski definition) is 2. The lowest BCUT2D eigenvalue weighted by Crippen LogP contribution is -2.24. The zero-order chi connectivity index (χ0) is 12.1.